The fraction of sp³-hybridized carbons (Fsp3) is 0.333. The zero-order chi connectivity index (χ0) is 19.0. The van der Waals surface area contributed by atoms with Crippen LogP contribution in [0.1, 0.15) is 30.1 Å². The van der Waals surface area contributed by atoms with E-state index in [1.807, 2.05) is 6.92 Å². The van der Waals surface area contributed by atoms with Crippen LogP contribution in [0.2, 0.25) is 0 Å². The lowest BCUT2D eigenvalue weighted by atomic mass is 10.1. The molecular formula is C18H18N4O3S2. The van der Waals surface area contributed by atoms with Gasteiger partial charge in [0.1, 0.15) is 6.04 Å². The van der Waals surface area contributed by atoms with Crippen molar-refractivity contribution in [3.8, 4) is 0 Å². The Hall–Kier alpha value is -2.39. The zero-order valence-corrected chi connectivity index (χ0v) is 16.2. The normalized spacial score (nSPS) is 24.0. The molecule has 2 aliphatic rings. The molecule has 1 aromatic heterocycles. The Bertz CT molecular complexity index is 885. The molecule has 0 aliphatic carbocycles. The Morgan fingerprint density at radius 1 is 1.26 bits per heavy atom. The van der Waals surface area contributed by atoms with Gasteiger partial charge < -0.3 is 10.2 Å². The summed E-state index contributed by atoms with van der Waals surface area (Å²) >= 11 is 3.01. The highest BCUT2D eigenvalue weighted by atomic mass is 32.2. The standard InChI is InChI=1S/C18H18N4O3S2/c1-18-7-6-14(23)22(18)13(10-27-18)16(25)20-12-4-2-11(3-5-12)15(24)21-17-19-8-9-26-17/h2-5,8-9,13H,6-7,10H2,1H3,(H,20,25)(H,19,21,24). The van der Waals surface area contributed by atoms with Crippen molar-refractivity contribution < 1.29 is 14.4 Å². The highest BCUT2D eigenvalue weighted by molar-refractivity contribution is 8.01. The number of carbonyl (C=O) groups excluding carboxylic acids is 3. The summed E-state index contributed by atoms with van der Waals surface area (Å²) in [4.78, 5) is 42.5. The van der Waals surface area contributed by atoms with Gasteiger partial charge in [0, 0.05) is 35.0 Å². The molecule has 2 atom stereocenters. The summed E-state index contributed by atoms with van der Waals surface area (Å²) < 4.78 is 0. The lowest BCUT2D eigenvalue weighted by molar-refractivity contribution is -0.135. The highest BCUT2D eigenvalue weighted by Gasteiger charge is 2.52. The first kappa shape index (κ1) is 18.0. The molecule has 4 rings (SSSR count). The molecule has 27 heavy (non-hydrogen) atoms. The lowest BCUT2D eigenvalue weighted by Crippen LogP contribution is -2.48. The second-order valence-electron chi connectivity index (χ2n) is 6.62. The Labute approximate surface area is 164 Å². The van der Waals surface area contributed by atoms with Crippen molar-refractivity contribution in [2.75, 3.05) is 16.4 Å². The van der Waals surface area contributed by atoms with Crippen molar-refractivity contribution in [3.63, 3.8) is 0 Å². The van der Waals surface area contributed by atoms with Crippen molar-refractivity contribution >= 4 is 51.6 Å². The van der Waals surface area contributed by atoms with Gasteiger partial charge in [0.05, 0.1) is 4.87 Å². The number of carbonyl (C=O) groups is 3. The van der Waals surface area contributed by atoms with Crippen LogP contribution in [0.3, 0.4) is 0 Å². The second-order valence-corrected chi connectivity index (χ2v) is 9.02. The molecule has 9 heteroatoms. The van der Waals surface area contributed by atoms with E-state index >= 15 is 0 Å². The van der Waals surface area contributed by atoms with Crippen LogP contribution in [0, 0.1) is 0 Å². The number of hydrogen-bond acceptors (Lipinski definition) is 6. The molecule has 140 valence electrons. The summed E-state index contributed by atoms with van der Waals surface area (Å²) in [5.74, 6) is 0.189. The van der Waals surface area contributed by atoms with E-state index in [0.29, 0.717) is 28.6 Å². The van der Waals surface area contributed by atoms with E-state index in [9.17, 15) is 14.4 Å². The first-order chi connectivity index (χ1) is 13.0. The average Bonchev–Trinajstić information content (AvgIpc) is 3.34. The first-order valence-corrected chi connectivity index (χ1v) is 10.4. The van der Waals surface area contributed by atoms with Gasteiger partial charge in [0.15, 0.2) is 5.13 Å². The Balaban J connectivity index is 1.40. The van der Waals surface area contributed by atoms with Crippen LogP contribution in [0.25, 0.3) is 0 Å². The van der Waals surface area contributed by atoms with Crippen molar-refractivity contribution in [2.24, 2.45) is 0 Å². The van der Waals surface area contributed by atoms with Gasteiger partial charge in [-0.15, -0.1) is 23.1 Å². The summed E-state index contributed by atoms with van der Waals surface area (Å²) in [6.45, 7) is 2.02. The number of anilines is 2. The highest BCUT2D eigenvalue weighted by Crippen LogP contribution is 2.47. The van der Waals surface area contributed by atoms with Crippen molar-refractivity contribution in [2.45, 2.75) is 30.7 Å². The predicted octanol–water partition coefficient (Wildman–Crippen LogP) is 2.79. The number of amides is 3. The van der Waals surface area contributed by atoms with E-state index in [0.717, 1.165) is 6.42 Å². The molecular weight excluding hydrogens is 384 g/mol. The minimum absolute atomic E-state index is 0.0388. The van der Waals surface area contributed by atoms with Gasteiger partial charge in [-0.2, -0.15) is 0 Å². The van der Waals surface area contributed by atoms with Gasteiger partial charge in [-0.1, -0.05) is 0 Å². The summed E-state index contributed by atoms with van der Waals surface area (Å²) in [5, 5.41) is 7.89. The fourth-order valence-corrected chi connectivity index (χ4v) is 5.36. The molecule has 0 spiro atoms. The third kappa shape index (κ3) is 3.44. The van der Waals surface area contributed by atoms with Crippen LogP contribution in [-0.2, 0) is 9.59 Å². The molecule has 0 radical (unpaired) electrons. The molecule has 3 heterocycles. The Morgan fingerprint density at radius 3 is 2.74 bits per heavy atom. The molecule has 2 aromatic rings. The fourth-order valence-electron chi connectivity index (χ4n) is 3.40. The number of thioether (sulfide) groups is 1. The van der Waals surface area contributed by atoms with E-state index in [1.54, 1.807) is 52.5 Å². The maximum atomic E-state index is 12.7. The van der Waals surface area contributed by atoms with Gasteiger partial charge >= 0.3 is 0 Å². The molecule has 2 unspecified atom stereocenters. The van der Waals surface area contributed by atoms with E-state index in [1.165, 1.54) is 11.3 Å². The monoisotopic (exact) mass is 402 g/mol. The molecule has 1 aromatic carbocycles. The van der Waals surface area contributed by atoms with E-state index in [-0.39, 0.29) is 22.6 Å². The minimum atomic E-state index is -0.456. The molecule has 0 bridgehead atoms. The van der Waals surface area contributed by atoms with Crippen LogP contribution >= 0.6 is 23.1 Å². The zero-order valence-electron chi connectivity index (χ0n) is 14.6. The number of nitrogens with one attached hydrogen (secondary N) is 2. The van der Waals surface area contributed by atoms with E-state index < -0.39 is 6.04 Å². The molecule has 2 saturated heterocycles. The smallest absolute Gasteiger partial charge is 0.257 e. The summed E-state index contributed by atoms with van der Waals surface area (Å²) in [6, 6.07) is 6.20. The molecule has 2 N–H and O–H groups in total. The molecule has 3 amide bonds. The van der Waals surface area contributed by atoms with Gasteiger partial charge in [0.2, 0.25) is 11.8 Å². The van der Waals surface area contributed by atoms with Crippen LogP contribution in [0.4, 0.5) is 10.8 Å². The second kappa shape index (κ2) is 6.97. The summed E-state index contributed by atoms with van der Waals surface area (Å²) in [6.07, 6.45) is 2.90. The molecule has 2 aliphatic heterocycles. The number of nitrogens with zero attached hydrogens (tertiary/aromatic N) is 2. The van der Waals surface area contributed by atoms with Crippen LogP contribution < -0.4 is 10.6 Å². The van der Waals surface area contributed by atoms with Crippen molar-refractivity contribution in [3.05, 3.63) is 41.4 Å². The van der Waals surface area contributed by atoms with Crippen molar-refractivity contribution in [1.82, 2.24) is 9.88 Å². The van der Waals surface area contributed by atoms with Gasteiger partial charge in [-0.3, -0.25) is 19.7 Å². The predicted molar refractivity (Wildman–Crippen MR) is 106 cm³/mol. The number of aromatic nitrogens is 1. The van der Waals surface area contributed by atoms with Crippen LogP contribution in [0.15, 0.2) is 35.8 Å². The number of hydrogen-bond donors (Lipinski definition) is 2. The average molecular weight is 403 g/mol. The maximum Gasteiger partial charge on any atom is 0.257 e. The van der Waals surface area contributed by atoms with Crippen LogP contribution in [-0.4, -0.2) is 44.3 Å². The van der Waals surface area contributed by atoms with Crippen LogP contribution in [0.5, 0.6) is 0 Å². The maximum absolute atomic E-state index is 12.7. The third-order valence-electron chi connectivity index (χ3n) is 4.81. The molecule has 2 fully saturated rings. The van der Waals surface area contributed by atoms with Crippen molar-refractivity contribution in [1.29, 1.82) is 0 Å². The number of fused-ring (bicyclic) bond motifs is 1. The topological polar surface area (TPSA) is 91.4 Å². The van der Waals surface area contributed by atoms with Gasteiger partial charge in [-0.25, -0.2) is 4.98 Å². The summed E-state index contributed by atoms with van der Waals surface area (Å²) in [5.41, 5.74) is 1.07. The van der Waals surface area contributed by atoms with E-state index in [2.05, 4.69) is 15.6 Å². The Morgan fingerprint density at radius 2 is 2.04 bits per heavy atom. The molecule has 7 nitrogen and oxygen atoms in total. The SMILES string of the molecule is CC12CCC(=O)N1C(C(=O)Nc1ccc(C(=O)Nc3nccs3)cc1)CS2. The molecule has 0 saturated carbocycles. The number of rotatable bonds is 4. The number of thiazole rings is 1. The Kier molecular flexibility index (Phi) is 4.65. The largest absolute Gasteiger partial charge is 0.324 e. The lowest BCUT2D eigenvalue weighted by Gasteiger charge is -2.29. The van der Waals surface area contributed by atoms with E-state index in [4.69, 9.17) is 0 Å². The quantitative estimate of drug-likeness (QED) is 0.821. The minimum Gasteiger partial charge on any atom is -0.324 e. The first-order valence-electron chi connectivity index (χ1n) is 8.54. The summed E-state index contributed by atoms with van der Waals surface area (Å²) in [7, 11) is 0. The van der Waals surface area contributed by atoms with Gasteiger partial charge in [-0.05, 0) is 37.6 Å². The van der Waals surface area contributed by atoms with Gasteiger partial charge in [0.25, 0.3) is 5.91 Å². The third-order valence-corrected chi connectivity index (χ3v) is 7.01. The number of benzene rings is 1.